The van der Waals surface area contributed by atoms with E-state index in [4.69, 9.17) is 10.8 Å². The molecule has 0 bridgehead atoms. The summed E-state index contributed by atoms with van der Waals surface area (Å²) in [5.41, 5.74) is 9.22. The van der Waals surface area contributed by atoms with Crippen molar-refractivity contribution in [3.8, 4) is 0 Å². The van der Waals surface area contributed by atoms with Gasteiger partial charge in [0.2, 0.25) is 0 Å². The van der Waals surface area contributed by atoms with Gasteiger partial charge in [0.1, 0.15) is 0 Å². The SMILES string of the molecule is Nc1cccc2c1CCN(CCC(=O)O)C2. The number of nitrogens with two attached hydrogens (primary N) is 1. The summed E-state index contributed by atoms with van der Waals surface area (Å²) in [6, 6.07) is 5.94. The van der Waals surface area contributed by atoms with Gasteiger partial charge in [-0.1, -0.05) is 12.1 Å². The van der Waals surface area contributed by atoms with Gasteiger partial charge in [-0.05, 0) is 23.6 Å². The van der Waals surface area contributed by atoms with Crippen LogP contribution in [0.25, 0.3) is 0 Å². The second-order valence-corrected chi connectivity index (χ2v) is 4.15. The lowest BCUT2D eigenvalue weighted by Crippen LogP contribution is -2.32. The van der Waals surface area contributed by atoms with Crippen LogP contribution in [-0.4, -0.2) is 29.1 Å². The van der Waals surface area contributed by atoms with E-state index < -0.39 is 5.97 Å². The summed E-state index contributed by atoms with van der Waals surface area (Å²) in [7, 11) is 0. The van der Waals surface area contributed by atoms with Crippen LogP contribution < -0.4 is 5.73 Å². The third-order valence-electron chi connectivity index (χ3n) is 3.02. The molecule has 1 aromatic rings. The van der Waals surface area contributed by atoms with Crippen LogP contribution in [0.4, 0.5) is 5.69 Å². The number of fused-ring (bicyclic) bond motifs is 1. The molecule has 2 rings (SSSR count). The number of aliphatic carboxylic acids is 1. The second kappa shape index (κ2) is 4.53. The van der Waals surface area contributed by atoms with Crippen LogP contribution in [0.5, 0.6) is 0 Å². The Morgan fingerprint density at radius 1 is 1.50 bits per heavy atom. The summed E-state index contributed by atoms with van der Waals surface area (Å²) in [6.45, 7) is 2.33. The Morgan fingerprint density at radius 2 is 2.31 bits per heavy atom. The molecule has 1 heterocycles. The average molecular weight is 220 g/mol. The maximum atomic E-state index is 10.5. The molecule has 1 aliphatic rings. The summed E-state index contributed by atoms with van der Waals surface area (Å²) in [4.78, 5) is 12.7. The van der Waals surface area contributed by atoms with Crippen molar-refractivity contribution in [2.75, 3.05) is 18.8 Å². The Morgan fingerprint density at radius 3 is 3.06 bits per heavy atom. The number of carboxylic acids is 1. The summed E-state index contributed by atoms with van der Waals surface area (Å²) < 4.78 is 0. The number of nitrogens with zero attached hydrogens (tertiary/aromatic N) is 1. The van der Waals surface area contributed by atoms with E-state index in [-0.39, 0.29) is 6.42 Å². The molecule has 1 aromatic carbocycles. The lowest BCUT2D eigenvalue weighted by atomic mass is 9.98. The van der Waals surface area contributed by atoms with Crippen LogP contribution in [0, 0.1) is 0 Å². The van der Waals surface area contributed by atoms with E-state index in [9.17, 15) is 4.79 Å². The molecule has 4 nitrogen and oxygen atoms in total. The molecule has 0 saturated carbocycles. The average Bonchev–Trinajstić information content (AvgIpc) is 2.26. The zero-order chi connectivity index (χ0) is 11.5. The molecule has 0 saturated heterocycles. The first kappa shape index (κ1) is 11.0. The van der Waals surface area contributed by atoms with Crippen LogP contribution >= 0.6 is 0 Å². The number of rotatable bonds is 3. The Kier molecular flexibility index (Phi) is 3.10. The molecule has 0 radical (unpaired) electrons. The summed E-state index contributed by atoms with van der Waals surface area (Å²) >= 11 is 0. The molecule has 86 valence electrons. The van der Waals surface area contributed by atoms with Gasteiger partial charge in [0, 0.05) is 25.3 Å². The van der Waals surface area contributed by atoms with Crippen molar-refractivity contribution in [1.29, 1.82) is 0 Å². The topological polar surface area (TPSA) is 66.6 Å². The van der Waals surface area contributed by atoms with E-state index in [1.165, 1.54) is 11.1 Å². The molecule has 3 N–H and O–H groups in total. The third-order valence-corrected chi connectivity index (χ3v) is 3.02. The summed E-state index contributed by atoms with van der Waals surface area (Å²) in [5.74, 6) is -0.738. The predicted octanol–water partition coefficient (Wildman–Crippen LogP) is 1.10. The molecular weight excluding hydrogens is 204 g/mol. The first-order valence-electron chi connectivity index (χ1n) is 5.47. The Bertz CT molecular complexity index is 404. The number of nitrogen functional groups attached to an aromatic ring is 1. The first-order chi connectivity index (χ1) is 7.66. The van der Waals surface area contributed by atoms with Gasteiger partial charge >= 0.3 is 5.97 Å². The zero-order valence-electron chi connectivity index (χ0n) is 9.15. The van der Waals surface area contributed by atoms with Crippen LogP contribution in [0.2, 0.25) is 0 Å². The number of benzene rings is 1. The molecule has 4 heteroatoms. The maximum absolute atomic E-state index is 10.5. The van der Waals surface area contributed by atoms with Gasteiger partial charge in [-0.25, -0.2) is 0 Å². The van der Waals surface area contributed by atoms with Gasteiger partial charge in [-0.3, -0.25) is 9.69 Å². The quantitative estimate of drug-likeness (QED) is 0.749. The van der Waals surface area contributed by atoms with Crippen LogP contribution in [0.3, 0.4) is 0 Å². The van der Waals surface area contributed by atoms with Crippen molar-refractivity contribution in [2.45, 2.75) is 19.4 Å². The highest BCUT2D eigenvalue weighted by molar-refractivity contribution is 5.66. The minimum absolute atomic E-state index is 0.206. The molecule has 0 aromatic heterocycles. The number of hydrogen-bond donors (Lipinski definition) is 2. The van der Waals surface area contributed by atoms with Crippen molar-refractivity contribution in [3.05, 3.63) is 29.3 Å². The molecule has 0 aliphatic carbocycles. The maximum Gasteiger partial charge on any atom is 0.304 e. The summed E-state index contributed by atoms with van der Waals surface area (Å²) in [5, 5.41) is 8.64. The van der Waals surface area contributed by atoms with Crippen molar-refractivity contribution in [3.63, 3.8) is 0 Å². The van der Waals surface area contributed by atoms with Crippen molar-refractivity contribution in [2.24, 2.45) is 0 Å². The smallest absolute Gasteiger partial charge is 0.304 e. The number of carboxylic acid groups (broad SMARTS) is 1. The van der Waals surface area contributed by atoms with Gasteiger partial charge in [0.15, 0.2) is 0 Å². The lowest BCUT2D eigenvalue weighted by molar-refractivity contribution is -0.137. The van der Waals surface area contributed by atoms with Crippen LogP contribution in [0.15, 0.2) is 18.2 Å². The number of anilines is 1. The van der Waals surface area contributed by atoms with E-state index in [2.05, 4.69) is 11.0 Å². The predicted molar refractivity (Wildman–Crippen MR) is 62.1 cm³/mol. The highest BCUT2D eigenvalue weighted by Gasteiger charge is 2.17. The molecular formula is C12H16N2O2. The molecule has 16 heavy (non-hydrogen) atoms. The highest BCUT2D eigenvalue weighted by atomic mass is 16.4. The zero-order valence-corrected chi connectivity index (χ0v) is 9.15. The largest absolute Gasteiger partial charge is 0.481 e. The van der Waals surface area contributed by atoms with Gasteiger partial charge in [-0.15, -0.1) is 0 Å². The molecule has 0 fully saturated rings. The molecule has 1 aliphatic heterocycles. The van der Waals surface area contributed by atoms with E-state index in [1.54, 1.807) is 0 Å². The highest BCUT2D eigenvalue weighted by Crippen LogP contribution is 2.23. The second-order valence-electron chi connectivity index (χ2n) is 4.15. The van der Waals surface area contributed by atoms with E-state index in [0.29, 0.717) is 6.54 Å². The minimum atomic E-state index is -0.738. The van der Waals surface area contributed by atoms with Crippen LogP contribution in [0.1, 0.15) is 17.5 Å². The van der Waals surface area contributed by atoms with Crippen molar-refractivity contribution in [1.82, 2.24) is 4.90 Å². The fraction of sp³-hybridized carbons (Fsp3) is 0.417. The van der Waals surface area contributed by atoms with Gasteiger partial charge in [0.25, 0.3) is 0 Å². The Hall–Kier alpha value is -1.55. The van der Waals surface area contributed by atoms with Gasteiger partial charge < -0.3 is 10.8 Å². The monoisotopic (exact) mass is 220 g/mol. The molecule has 0 spiro atoms. The molecule has 0 unspecified atom stereocenters. The minimum Gasteiger partial charge on any atom is -0.481 e. The van der Waals surface area contributed by atoms with Crippen LogP contribution in [-0.2, 0) is 17.8 Å². The normalized spacial score (nSPS) is 15.8. The number of hydrogen-bond acceptors (Lipinski definition) is 3. The Labute approximate surface area is 94.7 Å². The third kappa shape index (κ3) is 2.33. The Balaban J connectivity index is 2.04. The van der Waals surface area contributed by atoms with Crippen molar-refractivity contribution >= 4 is 11.7 Å². The molecule has 0 atom stereocenters. The fourth-order valence-electron chi connectivity index (χ4n) is 2.14. The van der Waals surface area contributed by atoms with Gasteiger partial charge in [0.05, 0.1) is 6.42 Å². The van der Waals surface area contributed by atoms with E-state index in [0.717, 1.165) is 25.2 Å². The lowest BCUT2D eigenvalue weighted by Gasteiger charge is -2.28. The number of carbonyl (C=O) groups is 1. The van der Waals surface area contributed by atoms with E-state index >= 15 is 0 Å². The molecule has 0 amide bonds. The van der Waals surface area contributed by atoms with Gasteiger partial charge in [-0.2, -0.15) is 0 Å². The standard InChI is InChI=1S/C12H16N2O2/c13-11-3-1-2-9-8-14(6-4-10(9)11)7-5-12(15)16/h1-3H,4-8,13H2,(H,15,16). The van der Waals surface area contributed by atoms with Crippen molar-refractivity contribution < 1.29 is 9.90 Å². The first-order valence-corrected chi connectivity index (χ1v) is 5.47. The van der Waals surface area contributed by atoms with E-state index in [1.807, 2.05) is 12.1 Å². The summed E-state index contributed by atoms with van der Waals surface area (Å²) in [6.07, 6.45) is 1.12. The fourth-order valence-corrected chi connectivity index (χ4v) is 2.14.